The number of hydrogen-bond acceptors (Lipinski definition) is 4. The smallest absolute Gasteiger partial charge is 0.230 e. The normalized spacial score (nSPS) is 17.2. The van der Waals surface area contributed by atoms with Crippen molar-refractivity contribution in [2.45, 2.75) is 19.9 Å². The highest BCUT2D eigenvalue weighted by atomic mass is 16.5. The maximum atomic E-state index is 12.3. The average Bonchev–Trinajstić information content (AvgIpc) is 3.14. The molecule has 2 aromatic rings. The van der Waals surface area contributed by atoms with Gasteiger partial charge >= 0.3 is 0 Å². The molecule has 1 fully saturated rings. The molecule has 0 bridgehead atoms. The zero-order chi connectivity index (χ0) is 17.1. The van der Waals surface area contributed by atoms with Gasteiger partial charge in [0, 0.05) is 31.3 Å². The van der Waals surface area contributed by atoms with Crippen molar-refractivity contribution in [3.63, 3.8) is 0 Å². The molecule has 24 heavy (non-hydrogen) atoms. The highest BCUT2D eigenvalue weighted by Gasteiger charge is 2.34. The van der Waals surface area contributed by atoms with Crippen LogP contribution >= 0.6 is 0 Å². The molecule has 1 aromatic heterocycles. The topological polar surface area (TPSA) is 87.3 Å². The van der Waals surface area contributed by atoms with Crippen LogP contribution in [0.5, 0.6) is 5.75 Å². The summed E-state index contributed by atoms with van der Waals surface area (Å²) in [5.41, 5.74) is 1.88. The summed E-state index contributed by atoms with van der Waals surface area (Å²) in [6, 6.07) is 9.32. The standard InChI is InChI=1S/C17H20N4O3/c1-11-7-15(20-19-11)18-17(23)13-8-16(22)21(10-13)9-12-3-5-14(24-2)6-4-12/h3-7,13H,8-10H2,1-2H3,(H2,18,19,20,23)/t13-/m0/s1. The highest BCUT2D eigenvalue weighted by Crippen LogP contribution is 2.22. The summed E-state index contributed by atoms with van der Waals surface area (Å²) in [5.74, 6) is 0.723. The lowest BCUT2D eigenvalue weighted by molar-refractivity contribution is -0.128. The maximum absolute atomic E-state index is 12.3. The molecule has 2 N–H and O–H groups in total. The van der Waals surface area contributed by atoms with Crippen molar-refractivity contribution >= 4 is 17.6 Å². The second kappa shape index (κ2) is 6.74. The minimum atomic E-state index is -0.354. The number of amides is 2. The Bertz CT molecular complexity index is 739. The molecular formula is C17H20N4O3. The van der Waals surface area contributed by atoms with Crippen LogP contribution < -0.4 is 10.1 Å². The molecule has 126 valence electrons. The number of nitrogens with zero attached hydrogens (tertiary/aromatic N) is 2. The van der Waals surface area contributed by atoms with Gasteiger partial charge in [-0.15, -0.1) is 0 Å². The van der Waals surface area contributed by atoms with Crippen molar-refractivity contribution in [2.75, 3.05) is 19.0 Å². The van der Waals surface area contributed by atoms with Gasteiger partial charge in [0.25, 0.3) is 0 Å². The zero-order valence-corrected chi connectivity index (χ0v) is 13.7. The minimum absolute atomic E-state index is 0.0100. The number of aromatic nitrogens is 2. The number of rotatable bonds is 5. The first-order chi connectivity index (χ1) is 11.5. The number of nitrogens with one attached hydrogen (secondary N) is 2. The quantitative estimate of drug-likeness (QED) is 0.875. The summed E-state index contributed by atoms with van der Waals surface area (Å²) in [6.45, 7) is 2.77. The van der Waals surface area contributed by atoms with Crippen LogP contribution in [0.3, 0.4) is 0 Å². The van der Waals surface area contributed by atoms with E-state index >= 15 is 0 Å². The van der Waals surface area contributed by atoms with Crippen LogP contribution in [0.1, 0.15) is 17.7 Å². The largest absolute Gasteiger partial charge is 0.497 e. The van der Waals surface area contributed by atoms with Gasteiger partial charge < -0.3 is 15.0 Å². The zero-order valence-electron chi connectivity index (χ0n) is 13.7. The van der Waals surface area contributed by atoms with Crippen LogP contribution in [-0.2, 0) is 16.1 Å². The first kappa shape index (κ1) is 16.0. The summed E-state index contributed by atoms with van der Waals surface area (Å²) in [7, 11) is 1.61. The molecule has 1 aliphatic rings. The molecule has 2 amide bonds. The fourth-order valence-electron chi connectivity index (χ4n) is 2.76. The Balaban J connectivity index is 1.59. The van der Waals surface area contributed by atoms with Crippen LogP contribution in [0.4, 0.5) is 5.82 Å². The first-order valence-electron chi connectivity index (χ1n) is 7.78. The van der Waals surface area contributed by atoms with Gasteiger partial charge in [-0.3, -0.25) is 14.7 Å². The van der Waals surface area contributed by atoms with Crippen LogP contribution in [0.15, 0.2) is 30.3 Å². The van der Waals surface area contributed by atoms with Crippen LogP contribution in [0.25, 0.3) is 0 Å². The number of aromatic amines is 1. The van der Waals surface area contributed by atoms with Gasteiger partial charge in [-0.25, -0.2) is 0 Å². The number of aryl methyl sites for hydroxylation is 1. The summed E-state index contributed by atoms with van der Waals surface area (Å²) < 4.78 is 5.13. The van der Waals surface area contributed by atoms with E-state index in [1.54, 1.807) is 18.1 Å². The van der Waals surface area contributed by atoms with Crippen LogP contribution in [-0.4, -0.2) is 40.6 Å². The number of carbonyl (C=O) groups is 2. The van der Waals surface area contributed by atoms with Crippen molar-refractivity contribution in [3.8, 4) is 5.75 Å². The Hall–Kier alpha value is -2.83. The Labute approximate surface area is 140 Å². The molecular weight excluding hydrogens is 308 g/mol. The SMILES string of the molecule is COc1ccc(CN2C[C@@H](C(=O)Nc3cc(C)[nH]n3)CC2=O)cc1. The second-order valence-corrected chi connectivity index (χ2v) is 5.95. The van der Waals surface area contributed by atoms with Crippen LogP contribution in [0, 0.1) is 12.8 Å². The molecule has 0 unspecified atom stereocenters. The molecule has 1 atom stereocenters. The molecule has 0 aliphatic carbocycles. The molecule has 7 nitrogen and oxygen atoms in total. The summed E-state index contributed by atoms with van der Waals surface area (Å²) in [5, 5.41) is 9.50. The molecule has 0 saturated carbocycles. The fraction of sp³-hybridized carbons (Fsp3) is 0.353. The Kier molecular flexibility index (Phi) is 4.50. The molecule has 0 spiro atoms. The number of carbonyl (C=O) groups excluding carboxylic acids is 2. The van der Waals surface area contributed by atoms with Crippen molar-refractivity contribution in [3.05, 3.63) is 41.6 Å². The number of ether oxygens (including phenoxy) is 1. The van der Waals surface area contributed by atoms with E-state index in [0.29, 0.717) is 18.9 Å². The van der Waals surface area contributed by atoms with E-state index in [0.717, 1.165) is 17.0 Å². The summed E-state index contributed by atoms with van der Waals surface area (Å²) in [4.78, 5) is 26.2. The van der Waals surface area contributed by atoms with Gasteiger partial charge in [0.2, 0.25) is 11.8 Å². The first-order valence-corrected chi connectivity index (χ1v) is 7.78. The van der Waals surface area contributed by atoms with E-state index < -0.39 is 0 Å². The van der Waals surface area contributed by atoms with E-state index in [-0.39, 0.29) is 24.2 Å². The predicted molar refractivity (Wildman–Crippen MR) is 88.5 cm³/mol. The van der Waals surface area contributed by atoms with Gasteiger partial charge in [0.1, 0.15) is 5.75 Å². The Morgan fingerprint density at radius 2 is 2.17 bits per heavy atom. The number of likely N-dealkylation sites (tertiary alicyclic amines) is 1. The number of anilines is 1. The van der Waals surface area contributed by atoms with Crippen molar-refractivity contribution in [1.82, 2.24) is 15.1 Å². The van der Waals surface area contributed by atoms with E-state index in [1.807, 2.05) is 31.2 Å². The lowest BCUT2D eigenvalue weighted by atomic mass is 10.1. The van der Waals surface area contributed by atoms with Crippen molar-refractivity contribution in [2.24, 2.45) is 5.92 Å². The Morgan fingerprint density at radius 1 is 1.42 bits per heavy atom. The molecule has 1 aliphatic heterocycles. The third kappa shape index (κ3) is 3.56. The van der Waals surface area contributed by atoms with Crippen molar-refractivity contribution < 1.29 is 14.3 Å². The van der Waals surface area contributed by atoms with E-state index in [9.17, 15) is 9.59 Å². The molecule has 1 saturated heterocycles. The number of benzene rings is 1. The molecule has 7 heteroatoms. The lowest BCUT2D eigenvalue weighted by Gasteiger charge is -2.16. The summed E-state index contributed by atoms with van der Waals surface area (Å²) >= 11 is 0. The number of H-pyrrole nitrogens is 1. The van der Waals surface area contributed by atoms with E-state index in [4.69, 9.17) is 4.74 Å². The second-order valence-electron chi connectivity index (χ2n) is 5.95. The van der Waals surface area contributed by atoms with Gasteiger partial charge in [0.15, 0.2) is 5.82 Å². The highest BCUT2D eigenvalue weighted by molar-refractivity contribution is 5.96. The molecule has 2 heterocycles. The number of hydrogen-bond donors (Lipinski definition) is 2. The van der Waals surface area contributed by atoms with Crippen molar-refractivity contribution in [1.29, 1.82) is 0 Å². The van der Waals surface area contributed by atoms with Gasteiger partial charge in [-0.05, 0) is 24.6 Å². The van der Waals surface area contributed by atoms with E-state index in [2.05, 4.69) is 15.5 Å². The molecule has 1 aromatic carbocycles. The third-order valence-electron chi connectivity index (χ3n) is 4.07. The molecule has 3 rings (SSSR count). The fourth-order valence-corrected chi connectivity index (χ4v) is 2.76. The lowest BCUT2D eigenvalue weighted by Crippen LogP contribution is -2.28. The molecule has 0 radical (unpaired) electrons. The van der Waals surface area contributed by atoms with Gasteiger partial charge in [-0.2, -0.15) is 5.10 Å². The minimum Gasteiger partial charge on any atom is -0.497 e. The maximum Gasteiger partial charge on any atom is 0.230 e. The monoisotopic (exact) mass is 328 g/mol. The average molecular weight is 328 g/mol. The Morgan fingerprint density at radius 3 is 2.79 bits per heavy atom. The number of methoxy groups -OCH3 is 1. The van der Waals surface area contributed by atoms with Crippen LogP contribution in [0.2, 0.25) is 0 Å². The van der Waals surface area contributed by atoms with E-state index in [1.165, 1.54) is 0 Å². The summed E-state index contributed by atoms with van der Waals surface area (Å²) in [6.07, 6.45) is 0.228. The van der Waals surface area contributed by atoms with Gasteiger partial charge in [-0.1, -0.05) is 12.1 Å². The van der Waals surface area contributed by atoms with Gasteiger partial charge in [0.05, 0.1) is 13.0 Å². The predicted octanol–water partition coefficient (Wildman–Crippen LogP) is 1.71. The third-order valence-corrected chi connectivity index (χ3v) is 4.07.